The maximum atomic E-state index is 12.5. The average molecular weight is 356 g/mol. The molecular formula is C17H16N4O5. The van der Waals surface area contributed by atoms with Crippen LogP contribution in [-0.4, -0.2) is 47.5 Å². The quantitative estimate of drug-likeness (QED) is 0.488. The Balaban J connectivity index is 1.81. The highest BCUT2D eigenvalue weighted by Gasteiger charge is 2.18. The van der Waals surface area contributed by atoms with Gasteiger partial charge in [-0.15, -0.1) is 5.10 Å². The first-order valence-electron chi connectivity index (χ1n) is 7.52. The number of hydrogen-bond acceptors (Lipinski definition) is 8. The van der Waals surface area contributed by atoms with Gasteiger partial charge in [-0.1, -0.05) is 0 Å². The van der Waals surface area contributed by atoms with Gasteiger partial charge in [0.1, 0.15) is 12.1 Å². The first-order chi connectivity index (χ1) is 12.7. The Bertz CT molecular complexity index is 869. The number of carbonyl (C=O) groups excluding carboxylic acids is 1. The zero-order chi connectivity index (χ0) is 18.5. The SMILES string of the molecule is COc1cc(C(=O)Oc2ccc(-n3cnnn3)cc2)cc(OC)c1OC. The van der Waals surface area contributed by atoms with Crippen LogP contribution in [0.5, 0.6) is 23.0 Å². The Kier molecular flexibility index (Phi) is 4.97. The Labute approximate surface area is 149 Å². The van der Waals surface area contributed by atoms with E-state index in [1.165, 1.54) is 44.5 Å². The van der Waals surface area contributed by atoms with Crippen LogP contribution in [-0.2, 0) is 0 Å². The molecule has 0 saturated heterocycles. The molecule has 1 heterocycles. The molecule has 134 valence electrons. The van der Waals surface area contributed by atoms with Crippen molar-refractivity contribution in [3.05, 3.63) is 48.3 Å². The molecule has 0 fully saturated rings. The summed E-state index contributed by atoms with van der Waals surface area (Å²) >= 11 is 0. The minimum atomic E-state index is -0.556. The van der Waals surface area contributed by atoms with E-state index in [0.717, 1.165) is 5.69 Å². The molecule has 2 aromatic carbocycles. The third kappa shape index (κ3) is 3.41. The summed E-state index contributed by atoms with van der Waals surface area (Å²) < 4.78 is 22.6. The fourth-order valence-corrected chi connectivity index (χ4v) is 2.31. The minimum absolute atomic E-state index is 0.268. The van der Waals surface area contributed by atoms with E-state index in [1.54, 1.807) is 24.3 Å². The van der Waals surface area contributed by atoms with E-state index in [9.17, 15) is 4.79 Å². The Hall–Kier alpha value is -3.62. The number of rotatable bonds is 6. The fourth-order valence-electron chi connectivity index (χ4n) is 2.31. The Morgan fingerprint density at radius 2 is 1.62 bits per heavy atom. The molecule has 0 aliphatic rings. The number of esters is 1. The number of ether oxygens (including phenoxy) is 4. The normalized spacial score (nSPS) is 10.3. The molecule has 0 atom stereocenters. The number of methoxy groups -OCH3 is 3. The van der Waals surface area contributed by atoms with Crippen LogP contribution in [0.1, 0.15) is 10.4 Å². The van der Waals surface area contributed by atoms with E-state index < -0.39 is 5.97 Å². The van der Waals surface area contributed by atoms with Crippen LogP contribution in [0.25, 0.3) is 5.69 Å². The molecule has 0 radical (unpaired) electrons. The molecule has 3 aromatic rings. The molecule has 0 N–H and O–H groups in total. The zero-order valence-electron chi connectivity index (χ0n) is 14.4. The van der Waals surface area contributed by atoms with Crippen LogP contribution >= 0.6 is 0 Å². The maximum Gasteiger partial charge on any atom is 0.343 e. The van der Waals surface area contributed by atoms with Gasteiger partial charge in [-0.25, -0.2) is 9.48 Å². The van der Waals surface area contributed by atoms with Crippen molar-refractivity contribution in [2.45, 2.75) is 0 Å². The molecule has 1 aromatic heterocycles. The molecule has 0 bridgehead atoms. The predicted octanol–water partition coefficient (Wildman–Crippen LogP) is 1.91. The van der Waals surface area contributed by atoms with Gasteiger partial charge in [0.2, 0.25) is 5.75 Å². The van der Waals surface area contributed by atoms with Crippen LogP contribution in [0.2, 0.25) is 0 Å². The number of nitrogens with zero attached hydrogens (tertiary/aromatic N) is 4. The summed E-state index contributed by atoms with van der Waals surface area (Å²) in [5.41, 5.74) is 1.01. The van der Waals surface area contributed by atoms with Crippen LogP contribution in [0, 0.1) is 0 Å². The second-order valence-electron chi connectivity index (χ2n) is 5.05. The van der Waals surface area contributed by atoms with Gasteiger partial charge in [-0.3, -0.25) is 0 Å². The monoisotopic (exact) mass is 356 g/mol. The highest BCUT2D eigenvalue weighted by Crippen LogP contribution is 2.38. The Morgan fingerprint density at radius 3 is 2.12 bits per heavy atom. The molecular weight excluding hydrogens is 340 g/mol. The van der Waals surface area contributed by atoms with E-state index in [4.69, 9.17) is 18.9 Å². The first-order valence-corrected chi connectivity index (χ1v) is 7.52. The van der Waals surface area contributed by atoms with E-state index in [2.05, 4.69) is 15.5 Å². The zero-order valence-corrected chi connectivity index (χ0v) is 14.4. The van der Waals surface area contributed by atoms with E-state index >= 15 is 0 Å². The number of tetrazole rings is 1. The number of carbonyl (C=O) groups is 1. The largest absolute Gasteiger partial charge is 0.493 e. The second-order valence-corrected chi connectivity index (χ2v) is 5.05. The maximum absolute atomic E-state index is 12.5. The van der Waals surface area contributed by atoms with Gasteiger partial charge >= 0.3 is 5.97 Å². The van der Waals surface area contributed by atoms with E-state index in [-0.39, 0.29) is 5.56 Å². The van der Waals surface area contributed by atoms with Crippen molar-refractivity contribution in [3.63, 3.8) is 0 Å². The third-order valence-corrected chi connectivity index (χ3v) is 3.56. The summed E-state index contributed by atoms with van der Waals surface area (Å²) in [7, 11) is 4.44. The fraction of sp³-hybridized carbons (Fsp3) is 0.176. The molecule has 3 rings (SSSR count). The van der Waals surface area contributed by atoms with Crippen molar-refractivity contribution in [2.24, 2.45) is 0 Å². The van der Waals surface area contributed by atoms with Crippen molar-refractivity contribution < 1.29 is 23.7 Å². The summed E-state index contributed by atoms with van der Waals surface area (Å²) in [4.78, 5) is 12.5. The molecule has 0 aliphatic carbocycles. The highest BCUT2D eigenvalue weighted by atomic mass is 16.5. The van der Waals surface area contributed by atoms with Crippen LogP contribution in [0.4, 0.5) is 0 Å². The van der Waals surface area contributed by atoms with Gasteiger partial charge in [-0.05, 0) is 46.8 Å². The molecule has 0 amide bonds. The lowest BCUT2D eigenvalue weighted by Crippen LogP contribution is -2.09. The lowest BCUT2D eigenvalue weighted by atomic mass is 10.2. The van der Waals surface area contributed by atoms with Crippen LogP contribution in [0.15, 0.2) is 42.7 Å². The topological polar surface area (TPSA) is 97.6 Å². The first kappa shape index (κ1) is 17.2. The van der Waals surface area contributed by atoms with Gasteiger partial charge in [-0.2, -0.15) is 0 Å². The van der Waals surface area contributed by atoms with Crippen molar-refractivity contribution >= 4 is 5.97 Å². The van der Waals surface area contributed by atoms with Crippen molar-refractivity contribution in [2.75, 3.05) is 21.3 Å². The standard InChI is InChI=1S/C17H16N4O5/c1-23-14-8-11(9-15(24-2)16(14)25-3)17(22)26-13-6-4-12(5-7-13)21-10-18-19-20-21/h4-10H,1-3H3. The highest BCUT2D eigenvalue weighted by molar-refractivity contribution is 5.92. The molecule has 9 nitrogen and oxygen atoms in total. The molecule has 0 saturated carbocycles. The third-order valence-electron chi connectivity index (χ3n) is 3.56. The molecule has 9 heteroatoms. The van der Waals surface area contributed by atoms with Crippen molar-refractivity contribution in [3.8, 4) is 28.7 Å². The average Bonchev–Trinajstić information content (AvgIpc) is 3.22. The molecule has 0 spiro atoms. The van der Waals surface area contributed by atoms with Crippen LogP contribution in [0.3, 0.4) is 0 Å². The summed E-state index contributed by atoms with van der Waals surface area (Å²) in [5.74, 6) is 0.956. The molecule has 26 heavy (non-hydrogen) atoms. The van der Waals surface area contributed by atoms with Gasteiger partial charge in [0, 0.05) is 0 Å². The lowest BCUT2D eigenvalue weighted by Gasteiger charge is -2.13. The Morgan fingerprint density at radius 1 is 0.962 bits per heavy atom. The number of hydrogen-bond donors (Lipinski definition) is 0. The molecule has 0 aliphatic heterocycles. The van der Waals surface area contributed by atoms with Crippen molar-refractivity contribution in [1.29, 1.82) is 0 Å². The van der Waals surface area contributed by atoms with Gasteiger partial charge in [0.05, 0.1) is 32.6 Å². The predicted molar refractivity (Wildman–Crippen MR) is 90.2 cm³/mol. The van der Waals surface area contributed by atoms with Crippen molar-refractivity contribution in [1.82, 2.24) is 20.2 Å². The summed E-state index contributed by atoms with van der Waals surface area (Å²) in [6, 6.07) is 9.81. The molecule has 0 unspecified atom stereocenters. The van der Waals surface area contributed by atoms with Gasteiger partial charge in [0.15, 0.2) is 11.5 Å². The van der Waals surface area contributed by atoms with Gasteiger partial charge in [0.25, 0.3) is 0 Å². The summed E-state index contributed by atoms with van der Waals surface area (Å²) in [6.45, 7) is 0. The van der Waals surface area contributed by atoms with E-state index in [0.29, 0.717) is 23.0 Å². The summed E-state index contributed by atoms with van der Waals surface area (Å²) in [5, 5.41) is 10.9. The van der Waals surface area contributed by atoms with Crippen LogP contribution < -0.4 is 18.9 Å². The second kappa shape index (κ2) is 7.51. The lowest BCUT2D eigenvalue weighted by molar-refractivity contribution is 0.0734. The number of benzene rings is 2. The summed E-state index contributed by atoms with van der Waals surface area (Å²) in [6.07, 6.45) is 1.47. The smallest absolute Gasteiger partial charge is 0.343 e. The minimum Gasteiger partial charge on any atom is -0.493 e. The number of aromatic nitrogens is 4. The van der Waals surface area contributed by atoms with Gasteiger partial charge < -0.3 is 18.9 Å². The van der Waals surface area contributed by atoms with E-state index in [1.807, 2.05) is 0 Å².